The number of nitrogens with one attached hydrogen (secondary N) is 1. The summed E-state index contributed by atoms with van der Waals surface area (Å²) in [4.78, 5) is 2.23. The van der Waals surface area contributed by atoms with Gasteiger partial charge in [-0.15, -0.1) is 0 Å². The Balaban J connectivity index is 1.73. The maximum Gasteiger partial charge on any atom is 0.122 e. The van der Waals surface area contributed by atoms with Gasteiger partial charge in [0.15, 0.2) is 0 Å². The molecule has 0 atom stereocenters. The molecule has 0 fully saturated rings. The van der Waals surface area contributed by atoms with Crippen molar-refractivity contribution in [3.63, 3.8) is 0 Å². The standard InChI is InChI=1S/C15H19N3OS/c1-18(10-12-6-9-20-11-12)7-8-19-14-4-2-13(3-5-14)15(16)17/h2-6,9,11H,7-8,10H2,1H3,(H3,16,17). The Bertz CT molecular complexity index is 537. The molecule has 20 heavy (non-hydrogen) atoms. The van der Waals surface area contributed by atoms with Crippen LogP contribution in [-0.2, 0) is 6.54 Å². The zero-order valence-electron chi connectivity index (χ0n) is 11.5. The van der Waals surface area contributed by atoms with Crippen molar-refractivity contribution in [2.45, 2.75) is 6.54 Å². The molecule has 0 amide bonds. The summed E-state index contributed by atoms with van der Waals surface area (Å²) in [6.45, 7) is 2.44. The van der Waals surface area contributed by atoms with Gasteiger partial charge in [0.1, 0.15) is 18.2 Å². The molecule has 0 saturated heterocycles. The molecule has 2 rings (SSSR count). The maximum absolute atomic E-state index is 7.32. The molecule has 106 valence electrons. The molecule has 1 aromatic heterocycles. The van der Waals surface area contributed by atoms with Gasteiger partial charge in [-0.05, 0) is 53.7 Å². The highest BCUT2D eigenvalue weighted by molar-refractivity contribution is 7.07. The number of nitrogen functional groups attached to an aromatic ring is 1. The highest BCUT2D eigenvalue weighted by Gasteiger charge is 2.02. The second kappa shape index (κ2) is 7.07. The normalized spacial score (nSPS) is 10.7. The third-order valence-electron chi connectivity index (χ3n) is 2.94. The average Bonchev–Trinajstić information content (AvgIpc) is 2.92. The van der Waals surface area contributed by atoms with Crippen molar-refractivity contribution >= 4 is 17.2 Å². The fraction of sp³-hybridized carbons (Fsp3) is 0.267. The lowest BCUT2D eigenvalue weighted by Gasteiger charge is -2.16. The van der Waals surface area contributed by atoms with E-state index < -0.39 is 0 Å². The van der Waals surface area contributed by atoms with E-state index in [1.54, 1.807) is 23.5 Å². The SMILES string of the molecule is CN(CCOc1ccc(C(=N)N)cc1)Cc1ccsc1. The Hall–Kier alpha value is -1.85. The number of likely N-dealkylation sites (N-methyl/N-ethyl adjacent to an activating group) is 1. The van der Waals surface area contributed by atoms with Crippen LogP contribution in [0, 0.1) is 5.41 Å². The van der Waals surface area contributed by atoms with Crippen molar-refractivity contribution in [3.8, 4) is 5.75 Å². The van der Waals surface area contributed by atoms with Crippen LogP contribution in [0.15, 0.2) is 41.1 Å². The van der Waals surface area contributed by atoms with Crippen LogP contribution in [0.4, 0.5) is 0 Å². The van der Waals surface area contributed by atoms with Gasteiger partial charge in [0.2, 0.25) is 0 Å². The maximum atomic E-state index is 7.32. The van der Waals surface area contributed by atoms with Gasteiger partial charge < -0.3 is 10.5 Å². The molecular weight excluding hydrogens is 270 g/mol. The number of benzene rings is 1. The predicted octanol–water partition coefficient (Wildman–Crippen LogP) is 2.54. The summed E-state index contributed by atoms with van der Waals surface area (Å²) < 4.78 is 5.68. The summed E-state index contributed by atoms with van der Waals surface area (Å²) in [6.07, 6.45) is 0. The first-order chi connectivity index (χ1) is 9.65. The zero-order valence-corrected chi connectivity index (χ0v) is 12.3. The van der Waals surface area contributed by atoms with Crippen LogP contribution in [0.1, 0.15) is 11.1 Å². The van der Waals surface area contributed by atoms with E-state index in [1.165, 1.54) is 5.56 Å². The quantitative estimate of drug-likeness (QED) is 0.608. The minimum absolute atomic E-state index is 0.0760. The van der Waals surface area contributed by atoms with Crippen LogP contribution >= 0.6 is 11.3 Å². The topological polar surface area (TPSA) is 62.3 Å². The van der Waals surface area contributed by atoms with Gasteiger partial charge >= 0.3 is 0 Å². The third-order valence-corrected chi connectivity index (χ3v) is 3.67. The number of nitrogens with zero attached hydrogens (tertiary/aromatic N) is 1. The van der Waals surface area contributed by atoms with Gasteiger partial charge in [-0.1, -0.05) is 0 Å². The van der Waals surface area contributed by atoms with Crippen molar-refractivity contribution in [1.82, 2.24) is 4.90 Å². The van der Waals surface area contributed by atoms with Crippen LogP contribution in [-0.4, -0.2) is 30.9 Å². The summed E-state index contributed by atoms with van der Waals surface area (Å²) in [5, 5.41) is 11.6. The number of amidine groups is 1. The molecule has 0 radical (unpaired) electrons. The fourth-order valence-electron chi connectivity index (χ4n) is 1.82. The lowest BCUT2D eigenvalue weighted by molar-refractivity contribution is 0.233. The van der Waals surface area contributed by atoms with Gasteiger partial charge in [0.25, 0.3) is 0 Å². The van der Waals surface area contributed by atoms with E-state index in [0.717, 1.165) is 18.8 Å². The van der Waals surface area contributed by atoms with Crippen LogP contribution in [0.3, 0.4) is 0 Å². The first-order valence-electron chi connectivity index (χ1n) is 6.42. The summed E-state index contributed by atoms with van der Waals surface area (Å²) in [6, 6.07) is 9.42. The summed E-state index contributed by atoms with van der Waals surface area (Å²) >= 11 is 1.72. The van der Waals surface area contributed by atoms with Crippen LogP contribution in [0.25, 0.3) is 0 Å². The smallest absolute Gasteiger partial charge is 0.122 e. The molecule has 0 unspecified atom stereocenters. The van der Waals surface area contributed by atoms with Gasteiger partial charge in [-0.3, -0.25) is 10.3 Å². The van der Waals surface area contributed by atoms with E-state index >= 15 is 0 Å². The number of ether oxygens (including phenoxy) is 1. The number of thiophene rings is 1. The zero-order chi connectivity index (χ0) is 14.4. The molecule has 0 aliphatic heterocycles. The van der Waals surface area contributed by atoms with Crippen LogP contribution in [0.2, 0.25) is 0 Å². The van der Waals surface area contributed by atoms with E-state index in [2.05, 4.69) is 28.8 Å². The molecule has 1 aromatic carbocycles. The molecule has 0 aliphatic carbocycles. The third kappa shape index (κ3) is 4.36. The Morgan fingerprint density at radius 2 is 2.05 bits per heavy atom. The summed E-state index contributed by atoms with van der Waals surface area (Å²) in [5.74, 6) is 0.881. The second-order valence-corrected chi connectivity index (χ2v) is 5.44. The molecule has 5 heteroatoms. The molecular formula is C15H19N3OS. The molecule has 3 N–H and O–H groups in total. The largest absolute Gasteiger partial charge is 0.492 e. The monoisotopic (exact) mass is 289 g/mol. The minimum atomic E-state index is 0.0760. The number of nitrogens with two attached hydrogens (primary N) is 1. The van der Waals surface area contributed by atoms with Crippen molar-refractivity contribution < 1.29 is 4.74 Å². The van der Waals surface area contributed by atoms with E-state index in [0.29, 0.717) is 12.2 Å². The highest BCUT2D eigenvalue weighted by atomic mass is 32.1. The lowest BCUT2D eigenvalue weighted by atomic mass is 10.2. The molecule has 1 heterocycles. The van der Waals surface area contributed by atoms with Gasteiger partial charge in [0.05, 0.1) is 0 Å². The average molecular weight is 289 g/mol. The van der Waals surface area contributed by atoms with E-state index in [4.69, 9.17) is 15.9 Å². The van der Waals surface area contributed by atoms with Crippen molar-refractivity contribution in [1.29, 1.82) is 5.41 Å². The van der Waals surface area contributed by atoms with E-state index in [1.807, 2.05) is 12.1 Å². The van der Waals surface area contributed by atoms with E-state index in [-0.39, 0.29) is 5.84 Å². The number of hydrogen-bond acceptors (Lipinski definition) is 4. The Morgan fingerprint density at radius 3 is 2.65 bits per heavy atom. The second-order valence-electron chi connectivity index (χ2n) is 4.66. The molecule has 4 nitrogen and oxygen atoms in total. The summed E-state index contributed by atoms with van der Waals surface area (Å²) in [7, 11) is 2.08. The highest BCUT2D eigenvalue weighted by Crippen LogP contribution is 2.12. The minimum Gasteiger partial charge on any atom is -0.492 e. The Kier molecular flexibility index (Phi) is 5.15. The molecule has 2 aromatic rings. The van der Waals surface area contributed by atoms with Gasteiger partial charge in [0, 0.05) is 18.7 Å². The number of hydrogen-bond donors (Lipinski definition) is 2. The van der Waals surface area contributed by atoms with E-state index in [9.17, 15) is 0 Å². The predicted molar refractivity (Wildman–Crippen MR) is 83.6 cm³/mol. The van der Waals surface area contributed by atoms with Crippen molar-refractivity contribution in [2.24, 2.45) is 5.73 Å². The molecule has 0 bridgehead atoms. The van der Waals surface area contributed by atoms with Crippen molar-refractivity contribution in [2.75, 3.05) is 20.2 Å². The first-order valence-corrected chi connectivity index (χ1v) is 7.36. The molecule has 0 aliphatic rings. The Morgan fingerprint density at radius 1 is 1.30 bits per heavy atom. The van der Waals surface area contributed by atoms with Gasteiger partial charge in [-0.25, -0.2) is 0 Å². The van der Waals surface area contributed by atoms with Crippen molar-refractivity contribution in [3.05, 3.63) is 52.2 Å². The summed E-state index contributed by atoms with van der Waals surface area (Å²) in [5.41, 5.74) is 7.46. The lowest BCUT2D eigenvalue weighted by Crippen LogP contribution is -2.23. The Labute approximate surface area is 123 Å². The van der Waals surface area contributed by atoms with Gasteiger partial charge in [-0.2, -0.15) is 11.3 Å². The fourth-order valence-corrected chi connectivity index (χ4v) is 2.48. The first kappa shape index (κ1) is 14.6. The molecule has 0 spiro atoms. The number of rotatable bonds is 7. The van der Waals surface area contributed by atoms with Crippen LogP contribution in [0.5, 0.6) is 5.75 Å². The van der Waals surface area contributed by atoms with Crippen LogP contribution < -0.4 is 10.5 Å². The molecule has 0 saturated carbocycles.